The highest BCUT2D eigenvalue weighted by Crippen LogP contribution is 2.30. The Morgan fingerprint density at radius 2 is 1.92 bits per heavy atom. The molecule has 0 saturated heterocycles. The number of pyridine rings is 1. The molecule has 0 saturated carbocycles. The van der Waals surface area contributed by atoms with Crippen LogP contribution in [0.4, 0.5) is 5.69 Å². The SMILES string of the molecule is COc1ccc(NC(=O)c2ccccc2-n2cccn2)c2cccnc12. The summed E-state index contributed by atoms with van der Waals surface area (Å²) in [6.07, 6.45) is 5.18. The number of carbonyl (C=O) groups excluding carboxylic acids is 1. The smallest absolute Gasteiger partial charge is 0.257 e. The third-order valence-electron chi connectivity index (χ3n) is 4.10. The zero-order chi connectivity index (χ0) is 17.9. The van der Waals surface area contributed by atoms with E-state index < -0.39 is 0 Å². The van der Waals surface area contributed by atoms with Crippen molar-refractivity contribution in [1.82, 2.24) is 14.8 Å². The number of nitrogens with zero attached hydrogens (tertiary/aromatic N) is 3. The molecule has 1 N–H and O–H groups in total. The average molecular weight is 344 g/mol. The predicted octanol–water partition coefficient (Wildman–Crippen LogP) is 3.68. The molecule has 0 fully saturated rings. The minimum Gasteiger partial charge on any atom is -0.494 e. The van der Waals surface area contributed by atoms with E-state index in [0.717, 1.165) is 5.39 Å². The van der Waals surface area contributed by atoms with Gasteiger partial charge in [0.2, 0.25) is 0 Å². The van der Waals surface area contributed by atoms with Crippen LogP contribution >= 0.6 is 0 Å². The second-order valence-electron chi connectivity index (χ2n) is 5.64. The highest BCUT2D eigenvalue weighted by Gasteiger charge is 2.15. The highest BCUT2D eigenvalue weighted by molar-refractivity contribution is 6.11. The van der Waals surface area contributed by atoms with E-state index in [4.69, 9.17) is 4.74 Å². The fourth-order valence-corrected chi connectivity index (χ4v) is 2.89. The van der Waals surface area contributed by atoms with Crippen LogP contribution in [0.15, 0.2) is 73.2 Å². The normalized spacial score (nSPS) is 10.7. The van der Waals surface area contributed by atoms with Gasteiger partial charge >= 0.3 is 0 Å². The molecule has 2 aromatic carbocycles. The van der Waals surface area contributed by atoms with E-state index >= 15 is 0 Å². The summed E-state index contributed by atoms with van der Waals surface area (Å²) in [6.45, 7) is 0. The van der Waals surface area contributed by atoms with E-state index in [1.807, 2.05) is 42.5 Å². The third kappa shape index (κ3) is 2.77. The Balaban J connectivity index is 1.74. The molecule has 0 radical (unpaired) electrons. The van der Waals surface area contributed by atoms with Crippen molar-refractivity contribution in [2.75, 3.05) is 12.4 Å². The number of nitrogens with one attached hydrogen (secondary N) is 1. The van der Waals surface area contributed by atoms with Crippen molar-refractivity contribution >= 4 is 22.5 Å². The molecule has 0 spiro atoms. The lowest BCUT2D eigenvalue weighted by Gasteiger charge is -2.13. The van der Waals surface area contributed by atoms with Gasteiger partial charge in [0.1, 0.15) is 11.3 Å². The lowest BCUT2D eigenvalue weighted by Crippen LogP contribution is -2.15. The van der Waals surface area contributed by atoms with Crippen LogP contribution in [-0.4, -0.2) is 27.8 Å². The molecule has 2 aromatic heterocycles. The van der Waals surface area contributed by atoms with Gasteiger partial charge in [-0.15, -0.1) is 0 Å². The molecule has 6 nitrogen and oxygen atoms in total. The van der Waals surface area contributed by atoms with E-state index in [1.165, 1.54) is 0 Å². The van der Waals surface area contributed by atoms with Gasteiger partial charge in [-0.1, -0.05) is 12.1 Å². The van der Waals surface area contributed by atoms with Gasteiger partial charge in [-0.25, -0.2) is 4.68 Å². The Bertz CT molecular complexity index is 1070. The molecule has 0 unspecified atom stereocenters. The van der Waals surface area contributed by atoms with Gasteiger partial charge in [0.05, 0.1) is 24.0 Å². The molecule has 0 atom stereocenters. The number of hydrogen-bond donors (Lipinski definition) is 1. The van der Waals surface area contributed by atoms with Crippen LogP contribution in [0.25, 0.3) is 16.6 Å². The minimum absolute atomic E-state index is 0.216. The molecule has 4 rings (SSSR count). The lowest BCUT2D eigenvalue weighted by atomic mass is 10.1. The Hall–Kier alpha value is -3.67. The molecule has 6 heteroatoms. The van der Waals surface area contributed by atoms with Crippen LogP contribution in [-0.2, 0) is 0 Å². The van der Waals surface area contributed by atoms with Crippen LogP contribution in [0.2, 0.25) is 0 Å². The Kier molecular flexibility index (Phi) is 4.07. The fourth-order valence-electron chi connectivity index (χ4n) is 2.89. The molecule has 0 aliphatic heterocycles. The van der Waals surface area contributed by atoms with Crippen molar-refractivity contribution < 1.29 is 9.53 Å². The molecular formula is C20H16N4O2. The second-order valence-corrected chi connectivity index (χ2v) is 5.64. The summed E-state index contributed by atoms with van der Waals surface area (Å²) in [5.74, 6) is 0.446. The van der Waals surface area contributed by atoms with E-state index in [2.05, 4.69) is 15.4 Å². The number of carbonyl (C=O) groups is 1. The maximum Gasteiger partial charge on any atom is 0.257 e. The van der Waals surface area contributed by atoms with E-state index in [-0.39, 0.29) is 5.91 Å². The number of aromatic nitrogens is 3. The monoisotopic (exact) mass is 344 g/mol. The molecule has 0 bridgehead atoms. The van der Waals surface area contributed by atoms with Crippen molar-refractivity contribution in [1.29, 1.82) is 0 Å². The number of para-hydroxylation sites is 1. The molecule has 26 heavy (non-hydrogen) atoms. The summed E-state index contributed by atoms with van der Waals surface area (Å²) in [5.41, 5.74) is 2.62. The molecule has 0 aliphatic rings. The standard InChI is InChI=1S/C20H16N4O2/c1-26-18-10-9-16(14-7-4-11-21-19(14)18)23-20(25)15-6-2-3-8-17(15)24-13-5-12-22-24/h2-13H,1H3,(H,23,25). The van der Waals surface area contributed by atoms with Crippen LogP contribution in [0.3, 0.4) is 0 Å². The first-order valence-electron chi connectivity index (χ1n) is 8.10. The Morgan fingerprint density at radius 1 is 1.04 bits per heavy atom. The average Bonchev–Trinajstić information content (AvgIpc) is 3.23. The van der Waals surface area contributed by atoms with Gasteiger partial charge in [-0.3, -0.25) is 9.78 Å². The number of amides is 1. The topological polar surface area (TPSA) is 69.0 Å². The first-order chi connectivity index (χ1) is 12.8. The van der Waals surface area contributed by atoms with Gasteiger partial charge in [0.25, 0.3) is 5.91 Å². The van der Waals surface area contributed by atoms with E-state index in [0.29, 0.717) is 28.2 Å². The van der Waals surface area contributed by atoms with Gasteiger partial charge in [-0.2, -0.15) is 5.10 Å². The first-order valence-corrected chi connectivity index (χ1v) is 8.10. The third-order valence-corrected chi connectivity index (χ3v) is 4.10. The first kappa shape index (κ1) is 15.8. The zero-order valence-electron chi connectivity index (χ0n) is 14.1. The van der Waals surface area contributed by atoms with Crippen LogP contribution in [0.5, 0.6) is 5.75 Å². The Labute approximate surface area is 150 Å². The van der Waals surface area contributed by atoms with Crippen molar-refractivity contribution in [3.05, 3.63) is 78.8 Å². The maximum absolute atomic E-state index is 12.9. The minimum atomic E-state index is -0.216. The number of methoxy groups -OCH3 is 1. The number of hydrogen-bond acceptors (Lipinski definition) is 4. The summed E-state index contributed by atoms with van der Waals surface area (Å²) in [5, 5.41) is 8.02. The quantitative estimate of drug-likeness (QED) is 0.613. The van der Waals surface area contributed by atoms with Crippen molar-refractivity contribution in [3.63, 3.8) is 0 Å². The molecule has 0 aliphatic carbocycles. The summed E-state index contributed by atoms with van der Waals surface area (Å²) >= 11 is 0. The Morgan fingerprint density at radius 3 is 2.73 bits per heavy atom. The highest BCUT2D eigenvalue weighted by atomic mass is 16.5. The van der Waals surface area contributed by atoms with Crippen molar-refractivity contribution in [2.24, 2.45) is 0 Å². The van der Waals surface area contributed by atoms with E-state index in [9.17, 15) is 4.79 Å². The lowest BCUT2D eigenvalue weighted by molar-refractivity contribution is 0.102. The zero-order valence-corrected chi connectivity index (χ0v) is 14.1. The van der Waals surface area contributed by atoms with Crippen molar-refractivity contribution in [3.8, 4) is 11.4 Å². The number of rotatable bonds is 4. The largest absolute Gasteiger partial charge is 0.494 e. The molecule has 128 valence electrons. The summed E-state index contributed by atoms with van der Waals surface area (Å²) in [4.78, 5) is 17.3. The summed E-state index contributed by atoms with van der Waals surface area (Å²) in [6, 6.07) is 16.5. The summed E-state index contributed by atoms with van der Waals surface area (Å²) < 4.78 is 7.02. The van der Waals surface area contributed by atoms with E-state index in [1.54, 1.807) is 42.5 Å². The van der Waals surface area contributed by atoms with Gasteiger partial charge in [0.15, 0.2) is 0 Å². The number of ether oxygens (including phenoxy) is 1. The van der Waals surface area contributed by atoms with Crippen LogP contribution in [0, 0.1) is 0 Å². The fraction of sp³-hybridized carbons (Fsp3) is 0.0500. The molecule has 1 amide bonds. The molecule has 2 heterocycles. The number of fused-ring (bicyclic) bond motifs is 1. The molecular weight excluding hydrogens is 328 g/mol. The summed E-state index contributed by atoms with van der Waals surface area (Å²) in [7, 11) is 1.60. The van der Waals surface area contributed by atoms with Crippen LogP contribution in [0.1, 0.15) is 10.4 Å². The second kappa shape index (κ2) is 6.68. The number of anilines is 1. The van der Waals surface area contributed by atoms with Gasteiger partial charge in [-0.05, 0) is 42.5 Å². The van der Waals surface area contributed by atoms with Gasteiger partial charge < -0.3 is 10.1 Å². The van der Waals surface area contributed by atoms with Gasteiger partial charge in [0, 0.05) is 24.0 Å². The van der Waals surface area contributed by atoms with Crippen LogP contribution < -0.4 is 10.1 Å². The maximum atomic E-state index is 12.9. The number of benzene rings is 2. The molecule has 4 aromatic rings. The predicted molar refractivity (Wildman–Crippen MR) is 99.8 cm³/mol. The van der Waals surface area contributed by atoms with Crippen molar-refractivity contribution in [2.45, 2.75) is 0 Å².